The molecule has 6 heteroatoms. The Morgan fingerprint density at radius 2 is 1.12 bits per heavy atom. The van der Waals surface area contributed by atoms with Crippen LogP contribution in [0.1, 0.15) is 20.8 Å². The highest BCUT2D eigenvalue weighted by Crippen LogP contribution is 2.10. The van der Waals surface area contributed by atoms with Crippen molar-refractivity contribution in [3.05, 3.63) is 0 Å². The molecule has 0 fully saturated rings. The van der Waals surface area contributed by atoms with E-state index in [1.54, 1.807) is 13.8 Å². The lowest BCUT2D eigenvalue weighted by Crippen LogP contribution is -2.20. The quantitative estimate of drug-likeness (QED) is 0.350. The van der Waals surface area contributed by atoms with Crippen LogP contribution in [0.4, 0.5) is 0 Å². The van der Waals surface area contributed by atoms with Crippen molar-refractivity contribution >= 4 is 0 Å². The summed E-state index contributed by atoms with van der Waals surface area (Å²) in [5, 5.41) is 48.1. The van der Waals surface area contributed by atoms with Crippen LogP contribution in [-0.4, -0.2) is 69.8 Å². The van der Waals surface area contributed by atoms with Gasteiger partial charge in [0.2, 0.25) is 0 Å². The summed E-state index contributed by atoms with van der Waals surface area (Å²) < 4.78 is 0. The van der Waals surface area contributed by atoms with E-state index in [2.05, 4.69) is 0 Å². The van der Waals surface area contributed by atoms with Gasteiger partial charge in [0.05, 0.1) is 39.1 Å². The third-order valence-electron chi connectivity index (χ3n) is 1.22. The Balaban J connectivity index is -0.000000166. The minimum atomic E-state index is -0.560. The van der Waals surface area contributed by atoms with Crippen LogP contribution in [0, 0.1) is 5.41 Å². The molecule has 0 aliphatic carbocycles. The predicted octanol–water partition coefficient (Wildman–Crippen LogP) is -1.67. The summed E-state index contributed by atoms with van der Waals surface area (Å²) in [6, 6.07) is 0. The van der Waals surface area contributed by atoms with Gasteiger partial charge < -0.3 is 30.6 Å². The maximum atomic E-state index is 8.43. The summed E-state index contributed by atoms with van der Waals surface area (Å²) in [5.41, 5.74) is -0.306. The first-order valence-electron chi connectivity index (χ1n) is 5.03. The fraction of sp³-hybridized carbons (Fsp3) is 1.00. The summed E-state index contributed by atoms with van der Waals surface area (Å²) in [6.45, 7) is 4.83. The fourth-order valence-corrected chi connectivity index (χ4v) is 0.0500. The molecule has 102 valence electrons. The number of hydrogen-bond acceptors (Lipinski definition) is 6. The maximum Gasteiger partial charge on any atom is 0.0742 e. The second-order valence-electron chi connectivity index (χ2n) is 3.96. The van der Waals surface area contributed by atoms with Crippen molar-refractivity contribution in [2.24, 2.45) is 5.41 Å². The summed E-state index contributed by atoms with van der Waals surface area (Å²) in [5.74, 6) is 0. The number of rotatable bonds is 4. The molecule has 0 aliphatic heterocycles. The average molecular weight is 242 g/mol. The number of aliphatic hydroxyl groups is 6. The monoisotopic (exact) mass is 242 g/mol. The van der Waals surface area contributed by atoms with Crippen LogP contribution >= 0.6 is 0 Å². The standard InChI is InChI=1S/C5H12O2.C3H8O2.C2H6O2/c1-5(2,3-6)4-7;1-3(5)2-4;3-1-2-4/h6-7H,3-4H2,1-2H3;3-5H,2H2,1H3;3-4H,1-2H2. The molecule has 6 N–H and O–H groups in total. The lowest BCUT2D eigenvalue weighted by Gasteiger charge is -2.16. The van der Waals surface area contributed by atoms with Crippen LogP contribution in [0.25, 0.3) is 0 Å². The van der Waals surface area contributed by atoms with Crippen molar-refractivity contribution in [1.82, 2.24) is 0 Å². The average Bonchev–Trinajstić information content (AvgIpc) is 2.30. The summed E-state index contributed by atoms with van der Waals surface area (Å²) in [7, 11) is 0. The van der Waals surface area contributed by atoms with Crippen LogP contribution in [-0.2, 0) is 0 Å². The van der Waals surface area contributed by atoms with Gasteiger partial charge in [-0.25, -0.2) is 0 Å². The Labute approximate surface area is 96.8 Å². The Hall–Kier alpha value is -0.240. The van der Waals surface area contributed by atoms with Crippen molar-refractivity contribution in [2.45, 2.75) is 26.9 Å². The predicted molar refractivity (Wildman–Crippen MR) is 60.9 cm³/mol. The van der Waals surface area contributed by atoms with E-state index in [1.165, 1.54) is 6.92 Å². The van der Waals surface area contributed by atoms with E-state index in [0.29, 0.717) is 0 Å². The highest BCUT2D eigenvalue weighted by molar-refractivity contribution is 4.62. The van der Waals surface area contributed by atoms with E-state index < -0.39 is 6.10 Å². The normalized spacial score (nSPS) is 11.8. The van der Waals surface area contributed by atoms with Crippen molar-refractivity contribution in [1.29, 1.82) is 0 Å². The summed E-state index contributed by atoms with van der Waals surface area (Å²) >= 11 is 0. The molecule has 0 amide bonds. The minimum absolute atomic E-state index is 0.0451. The molecule has 0 aromatic carbocycles. The van der Waals surface area contributed by atoms with Crippen molar-refractivity contribution < 1.29 is 30.6 Å². The molecule has 0 bridgehead atoms. The highest BCUT2D eigenvalue weighted by Gasteiger charge is 2.13. The van der Waals surface area contributed by atoms with Gasteiger partial charge in [-0.15, -0.1) is 0 Å². The smallest absolute Gasteiger partial charge is 0.0742 e. The van der Waals surface area contributed by atoms with Gasteiger partial charge in [0.25, 0.3) is 0 Å². The van der Waals surface area contributed by atoms with Gasteiger partial charge in [-0.3, -0.25) is 0 Å². The zero-order valence-electron chi connectivity index (χ0n) is 10.3. The molecule has 0 aliphatic rings. The van der Waals surface area contributed by atoms with Crippen LogP contribution in [0.15, 0.2) is 0 Å². The van der Waals surface area contributed by atoms with E-state index in [-0.39, 0.29) is 38.4 Å². The van der Waals surface area contributed by atoms with Crippen LogP contribution in [0.2, 0.25) is 0 Å². The zero-order valence-corrected chi connectivity index (χ0v) is 10.3. The molecule has 0 radical (unpaired) electrons. The second-order valence-corrected chi connectivity index (χ2v) is 3.96. The van der Waals surface area contributed by atoms with Crippen LogP contribution in [0.3, 0.4) is 0 Å². The molecule has 16 heavy (non-hydrogen) atoms. The first-order valence-corrected chi connectivity index (χ1v) is 5.03. The molecule has 0 saturated carbocycles. The molecule has 0 saturated heterocycles. The Kier molecular flexibility index (Phi) is 19.5. The van der Waals surface area contributed by atoms with E-state index in [4.69, 9.17) is 30.6 Å². The maximum absolute atomic E-state index is 8.43. The summed E-state index contributed by atoms with van der Waals surface area (Å²) in [4.78, 5) is 0. The van der Waals surface area contributed by atoms with Gasteiger partial charge in [0.1, 0.15) is 0 Å². The highest BCUT2D eigenvalue weighted by atomic mass is 16.3. The van der Waals surface area contributed by atoms with Crippen LogP contribution in [0.5, 0.6) is 0 Å². The number of aliphatic hydroxyl groups excluding tert-OH is 6. The molecule has 0 spiro atoms. The van der Waals surface area contributed by atoms with Crippen LogP contribution < -0.4 is 0 Å². The molecule has 6 nitrogen and oxygen atoms in total. The Bertz CT molecular complexity index is 108. The largest absolute Gasteiger partial charge is 0.396 e. The van der Waals surface area contributed by atoms with Crippen molar-refractivity contribution in [2.75, 3.05) is 33.0 Å². The third-order valence-corrected chi connectivity index (χ3v) is 1.22. The molecular formula is C10H26O6. The van der Waals surface area contributed by atoms with Gasteiger partial charge >= 0.3 is 0 Å². The molecule has 1 unspecified atom stereocenters. The lowest BCUT2D eigenvalue weighted by molar-refractivity contribution is 0.0857. The third kappa shape index (κ3) is 29.2. The minimum Gasteiger partial charge on any atom is -0.396 e. The van der Waals surface area contributed by atoms with Gasteiger partial charge in [0, 0.05) is 5.41 Å². The second kappa shape index (κ2) is 14.8. The first-order chi connectivity index (χ1) is 7.31. The SMILES string of the molecule is CC(C)(CO)CO.CC(O)CO.OCCO. The topological polar surface area (TPSA) is 121 Å². The first kappa shape index (κ1) is 21.1. The van der Waals surface area contributed by atoms with Gasteiger partial charge in [-0.2, -0.15) is 0 Å². The molecule has 0 aromatic rings. The molecule has 0 aromatic heterocycles. The van der Waals surface area contributed by atoms with E-state index in [9.17, 15) is 0 Å². The van der Waals surface area contributed by atoms with Crippen molar-refractivity contribution in [3.8, 4) is 0 Å². The lowest BCUT2D eigenvalue weighted by atomic mass is 9.97. The van der Waals surface area contributed by atoms with E-state index in [0.717, 1.165) is 0 Å². The molecular weight excluding hydrogens is 216 g/mol. The Morgan fingerprint density at radius 3 is 1.12 bits per heavy atom. The van der Waals surface area contributed by atoms with Gasteiger partial charge in [0.15, 0.2) is 0 Å². The molecule has 0 heterocycles. The zero-order chi connectivity index (χ0) is 13.6. The van der Waals surface area contributed by atoms with E-state index in [1.807, 2.05) is 0 Å². The van der Waals surface area contributed by atoms with Crippen molar-refractivity contribution in [3.63, 3.8) is 0 Å². The van der Waals surface area contributed by atoms with Gasteiger partial charge in [-0.1, -0.05) is 13.8 Å². The van der Waals surface area contributed by atoms with Gasteiger partial charge in [-0.05, 0) is 6.92 Å². The number of hydrogen-bond donors (Lipinski definition) is 6. The molecule has 0 rings (SSSR count). The fourth-order valence-electron chi connectivity index (χ4n) is 0.0500. The Morgan fingerprint density at radius 1 is 0.875 bits per heavy atom. The van der Waals surface area contributed by atoms with E-state index >= 15 is 0 Å². The summed E-state index contributed by atoms with van der Waals surface area (Å²) in [6.07, 6.45) is -0.560. The molecule has 1 atom stereocenters.